The highest BCUT2D eigenvalue weighted by atomic mass is 19.4. The van der Waals surface area contributed by atoms with Crippen LogP contribution in [0.25, 0.3) is 0 Å². The number of anilines is 1. The highest BCUT2D eigenvalue weighted by molar-refractivity contribution is 5.97. The maximum atomic E-state index is 13.2. The summed E-state index contributed by atoms with van der Waals surface area (Å²) in [5.74, 6) is -1.70. The van der Waals surface area contributed by atoms with Crippen LogP contribution in [0.2, 0.25) is 0 Å². The van der Waals surface area contributed by atoms with Crippen molar-refractivity contribution in [3.8, 4) is 0 Å². The number of para-hydroxylation sites is 1. The molecular weight excluding hydrogens is 359 g/mol. The van der Waals surface area contributed by atoms with Crippen LogP contribution in [0.5, 0.6) is 0 Å². The quantitative estimate of drug-likeness (QED) is 0.763. The van der Waals surface area contributed by atoms with Crippen LogP contribution >= 0.6 is 0 Å². The molecule has 2 atom stereocenters. The number of hydrogen-bond donors (Lipinski definition) is 3. The number of rotatable bonds is 3. The molecule has 1 fully saturated rings. The molecule has 0 aromatic heterocycles. The van der Waals surface area contributed by atoms with Gasteiger partial charge < -0.3 is 16.0 Å². The summed E-state index contributed by atoms with van der Waals surface area (Å²) < 4.78 is 39.5. The van der Waals surface area contributed by atoms with E-state index in [2.05, 4.69) is 22.5 Å². The maximum absolute atomic E-state index is 13.2. The summed E-state index contributed by atoms with van der Waals surface area (Å²) in [5, 5.41) is 7.36. The molecule has 27 heavy (non-hydrogen) atoms. The van der Waals surface area contributed by atoms with E-state index in [4.69, 9.17) is 0 Å². The number of alkyl halides is 3. The van der Waals surface area contributed by atoms with Crippen LogP contribution in [0.15, 0.2) is 66.9 Å². The molecule has 1 saturated heterocycles. The van der Waals surface area contributed by atoms with Gasteiger partial charge in [-0.15, -0.1) is 0 Å². The smallest absolute Gasteiger partial charge is 0.330 e. The Labute approximate surface area is 153 Å². The zero-order valence-electron chi connectivity index (χ0n) is 14.0. The molecule has 0 radical (unpaired) electrons. The van der Waals surface area contributed by atoms with Crippen molar-refractivity contribution in [1.29, 1.82) is 0 Å². The van der Waals surface area contributed by atoms with Gasteiger partial charge >= 0.3 is 12.2 Å². The van der Waals surface area contributed by atoms with Crippen LogP contribution in [0.4, 0.5) is 23.7 Å². The van der Waals surface area contributed by atoms with E-state index in [1.165, 1.54) is 18.2 Å². The zero-order valence-corrected chi connectivity index (χ0v) is 14.0. The maximum Gasteiger partial charge on any atom is 0.418 e. The Morgan fingerprint density at radius 1 is 1.04 bits per heavy atom. The van der Waals surface area contributed by atoms with Crippen LogP contribution < -0.4 is 16.0 Å². The lowest BCUT2D eigenvalue weighted by Gasteiger charge is -2.34. The van der Waals surface area contributed by atoms with E-state index in [1.807, 2.05) is 0 Å². The Kier molecular flexibility index (Phi) is 4.89. The fraction of sp³-hybridized carbons (Fsp3) is 0.158. The lowest BCUT2D eigenvalue weighted by atomic mass is 9.88. The minimum atomic E-state index is -4.61. The van der Waals surface area contributed by atoms with Gasteiger partial charge in [-0.1, -0.05) is 49.0 Å². The van der Waals surface area contributed by atoms with Crippen molar-refractivity contribution in [3.05, 3.63) is 78.0 Å². The normalized spacial score (nSPS) is 19.8. The molecule has 3 amide bonds. The Balaban J connectivity index is 1.92. The number of hydrogen-bond acceptors (Lipinski definition) is 2. The first-order valence-corrected chi connectivity index (χ1v) is 8.05. The summed E-state index contributed by atoms with van der Waals surface area (Å²) in [6.07, 6.45) is -4.61. The molecule has 0 spiro atoms. The van der Waals surface area contributed by atoms with E-state index in [9.17, 15) is 22.8 Å². The highest BCUT2D eigenvalue weighted by Gasteiger charge is 2.39. The van der Waals surface area contributed by atoms with E-state index in [-0.39, 0.29) is 11.4 Å². The molecule has 2 aromatic rings. The van der Waals surface area contributed by atoms with E-state index < -0.39 is 35.6 Å². The van der Waals surface area contributed by atoms with Gasteiger partial charge in [-0.05, 0) is 17.7 Å². The topological polar surface area (TPSA) is 70.2 Å². The van der Waals surface area contributed by atoms with Crippen LogP contribution in [0, 0.1) is 5.92 Å². The second-order valence-electron chi connectivity index (χ2n) is 6.02. The molecule has 1 aliphatic rings. The summed E-state index contributed by atoms with van der Waals surface area (Å²) >= 11 is 0. The van der Waals surface area contributed by atoms with Gasteiger partial charge in [-0.2, -0.15) is 13.2 Å². The van der Waals surface area contributed by atoms with Gasteiger partial charge in [-0.3, -0.25) is 4.79 Å². The van der Waals surface area contributed by atoms with Crippen LogP contribution in [-0.4, -0.2) is 11.9 Å². The first kappa shape index (κ1) is 18.5. The van der Waals surface area contributed by atoms with Crippen molar-refractivity contribution in [2.24, 2.45) is 5.92 Å². The van der Waals surface area contributed by atoms with Crippen molar-refractivity contribution in [2.75, 3.05) is 5.32 Å². The molecular formula is C19H16F3N3O2. The van der Waals surface area contributed by atoms with Crippen molar-refractivity contribution < 1.29 is 22.8 Å². The third kappa shape index (κ3) is 3.94. The summed E-state index contributed by atoms with van der Waals surface area (Å²) in [7, 11) is 0. The minimum Gasteiger partial charge on any atom is -0.330 e. The Hall–Kier alpha value is -3.29. The fourth-order valence-corrected chi connectivity index (χ4v) is 2.98. The average molecular weight is 375 g/mol. The van der Waals surface area contributed by atoms with Crippen molar-refractivity contribution in [2.45, 2.75) is 12.2 Å². The number of amides is 3. The largest absolute Gasteiger partial charge is 0.418 e. The lowest BCUT2D eigenvalue weighted by molar-refractivity contribution is -0.137. The predicted molar refractivity (Wildman–Crippen MR) is 93.6 cm³/mol. The van der Waals surface area contributed by atoms with E-state index in [1.54, 1.807) is 30.3 Å². The summed E-state index contributed by atoms with van der Waals surface area (Å²) in [6, 6.07) is 12.1. The van der Waals surface area contributed by atoms with Gasteiger partial charge in [0.05, 0.1) is 17.3 Å². The first-order valence-electron chi connectivity index (χ1n) is 8.05. The highest BCUT2D eigenvalue weighted by Crippen LogP contribution is 2.36. The first-order chi connectivity index (χ1) is 12.8. The minimum absolute atomic E-state index is 0.106. The molecule has 1 aliphatic heterocycles. The molecule has 0 bridgehead atoms. The molecule has 2 aromatic carbocycles. The number of nitrogens with one attached hydrogen (secondary N) is 3. The van der Waals surface area contributed by atoms with Gasteiger partial charge in [0.1, 0.15) is 5.92 Å². The number of halogens is 3. The SMILES string of the molecule is C=C1NC(=O)N[C@@H](c2ccccc2)[C@@H]1C(=O)Nc1ccccc1C(F)(F)F. The molecule has 0 unspecified atom stereocenters. The van der Waals surface area contributed by atoms with Gasteiger partial charge in [0.25, 0.3) is 0 Å². The second-order valence-corrected chi connectivity index (χ2v) is 6.02. The molecule has 0 aliphatic carbocycles. The molecule has 3 rings (SSSR count). The molecule has 3 N–H and O–H groups in total. The monoisotopic (exact) mass is 375 g/mol. The van der Waals surface area contributed by atoms with Crippen molar-refractivity contribution >= 4 is 17.6 Å². The standard InChI is InChI=1S/C19H16F3N3O2/c1-11-15(16(25-18(27)23-11)12-7-3-2-4-8-12)17(26)24-14-10-6-5-9-13(14)19(20,21)22/h2-10,15-16H,1H2,(H,24,26)(H2,23,25,27)/t15-,16+/m1/s1. The lowest BCUT2D eigenvalue weighted by Crippen LogP contribution is -2.51. The molecule has 0 saturated carbocycles. The van der Waals surface area contributed by atoms with Crippen molar-refractivity contribution in [1.82, 2.24) is 10.6 Å². The third-order valence-corrected chi connectivity index (χ3v) is 4.20. The fourth-order valence-electron chi connectivity index (χ4n) is 2.98. The average Bonchev–Trinajstić information content (AvgIpc) is 2.61. The Morgan fingerprint density at radius 3 is 2.33 bits per heavy atom. The number of urea groups is 1. The summed E-state index contributed by atoms with van der Waals surface area (Å²) in [6.45, 7) is 3.70. The summed E-state index contributed by atoms with van der Waals surface area (Å²) in [5.41, 5.74) is -0.563. The number of carbonyl (C=O) groups is 2. The molecule has 8 heteroatoms. The van der Waals surface area contributed by atoms with Gasteiger partial charge in [0.15, 0.2) is 0 Å². The molecule has 140 valence electrons. The Morgan fingerprint density at radius 2 is 1.67 bits per heavy atom. The van der Waals surface area contributed by atoms with Gasteiger partial charge in [0.2, 0.25) is 5.91 Å². The van der Waals surface area contributed by atoms with Crippen LogP contribution in [0.3, 0.4) is 0 Å². The van der Waals surface area contributed by atoms with E-state index in [0.717, 1.165) is 6.07 Å². The Bertz CT molecular complexity index is 881. The third-order valence-electron chi connectivity index (χ3n) is 4.20. The predicted octanol–water partition coefficient (Wildman–Crippen LogP) is 3.83. The summed E-state index contributed by atoms with van der Waals surface area (Å²) in [4.78, 5) is 24.6. The zero-order chi connectivity index (χ0) is 19.6. The van der Waals surface area contributed by atoms with Crippen LogP contribution in [0.1, 0.15) is 17.2 Å². The van der Waals surface area contributed by atoms with Gasteiger partial charge in [-0.25, -0.2) is 4.79 Å². The van der Waals surface area contributed by atoms with Gasteiger partial charge in [0, 0.05) is 5.70 Å². The van der Waals surface area contributed by atoms with E-state index >= 15 is 0 Å². The molecule has 5 nitrogen and oxygen atoms in total. The van der Waals surface area contributed by atoms with Crippen LogP contribution in [-0.2, 0) is 11.0 Å². The number of carbonyl (C=O) groups excluding carboxylic acids is 2. The second kappa shape index (κ2) is 7.14. The molecule has 1 heterocycles. The number of benzene rings is 2. The van der Waals surface area contributed by atoms with E-state index in [0.29, 0.717) is 5.56 Å². The van der Waals surface area contributed by atoms with Crippen molar-refractivity contribution in [3.63, 3.8) is 0 Å².